The molecule has 0 aliphatic carbocycles. The number of allylic oxidation sites excluding steroid dienone is 1. The molecule has 2 aromatic rings. The number of aliphatic hydroxyl groups excluding tert-OH is 1. The van der Waals surface area contributed by atoms with Crippen LogP contribution in [0.15, 0.2) is 60.4 Å². The summed E-state index contributed by atoms with van der Waals surface area (Å²) in [4.78, 5) is 12.7. The molecular weight excluding hydrogens is 384 g/mol. The molecule has 0 saturated carbocycles. The van der Waals surface area contributed by atoms with Gasteiger partial charge in [-0.15, -0.1) is 0 Å². The van der Waals surface area contributed by atoms with Crippen LogP contribution in [-0.2, 0) is 14.2 Å². The summed E-state index contributed by atoms with van der Waals surface area (Å²) in [6.07, 6.45) is 2.82. The highest BCUT2D eigenvalue weighted by molar-refractivity contribution is 6.14. The van der Waals surface area contributed by atoms with Crippen molar-refractivity contribution in [2.24, 2.45) is 0 Å². The molecule has 2 saturated heterocycles. The predicted octanol–water partition coefficient (Wildman–Crippen LogP) is 3.55. The van der Waals surface area contributed by atoms with Crippen molar-refractivity contribution >= 4 is 17.9 Å². The second-order valence-corrected chi connectivity index (χ2v) is 8.03. The minimum atomic E-state index is -0.826. The summed E-state index contributed by atoms with van der Waals surface area (Å²) in [7, 11) is 0. The van der Waals surface area contributed by atoms with Gasteiger partial charge in [0.15, 0.2) is 17.8 Å². The molecule has 4 atom stereocenters. The van der Waals surface area contributed by atoms with E-state index in [4.69, 9.17) is 18.9 Å². The van der Waals surface area contributed by atoms with Gasteiger partial charge in [-0.1, -0.05) is 48.6 Å². The van der Waals surface area contributed by atoms with Gasteiger partial charge in [0.25, 0.3) is 0 Å². The highest BCUT2D eigenvalue weighted by atomic mass is 16.8. The maximum atomic E-state index is 12.7. The Morgan fingerprint density at radius 2 is 1.83 bits per heavy atom. The van der Waals surface area contributed by atoms with E-state index in [1.54, 1.807) is 38.1 Å². The molecule has 1 N–H and O–H groups in total. The van der Waals surface area contributed by atoms with E-state index in [9.17, 15) is 9.90 Å². The summed E-state index contributed by atoms with van der Waals surface area (Å²) in [5.41, 5.74) is 2.22. The van der Waals surface area contributed by atoms with Gasteiger partial charge in [-0.2, -0.15) is 0 Å². The molecule has 154 valence electrons. The normalized spacial score (nSPS) is 30.6. The SMILES string of the molecule is CC1(C)O[C@H]2O[C@H](/C=C/c3ccc4c(c3)C(=O)/C(=C\c3ccccc3)O4)[C@H](O)[C@H]2O1. The zero-order chi connectivity index (χ0) is 20.9. The summed E-state index contributed by atoms with van der Waals surface area (Å²) in [5, 5.41) is 10.5. The molecule has 0 radical (unpaired) electrons. The van der Waals surface area contributed by atoms with Crippen LogP contribution >= 0.6 is 0 Å². The average Bonchev–Trinajstić information content (AvgIpc) is 3.30. The van der Waals surface area contributed by atoms with Gasteiger partial charge < -0.3 is 24.1 Å². The van der Waals surface area contributed by atoms with Crippen molar-refractivity contribution in [2.45, 2.75) is 44.2 Å². The Labute approximate surface area is 174 Å². The molecule has 30 heavy (non-hydrogen) atoms. The zero-order valence-electron chi connectivity index (χ0n) is 16.6. The lowest BCUT2D eigenvalue weighted by atomic mass is 10.0. The maximum Gasteiger partial charge on any atom is 0.231 e. The molecule has 6 heteroatoms. The van der Waals surface area contributed by atoms with Gasteiger partial charge in [0.05, 0.1) is 5.56 Å². The molecule has 2 fully saturated rings. The van der Waals surface area contributed by atoms with Crippen molar-refractivity contribution in [1.82, 2.24) is 0 Å². The van der Waals surface area contributed by atoms with E-state index >= 15 is 0 Å². The Morgan fingerprint density at radius 1 is 1.03 bits per heavy atom. The fourth-order valence-corrected chi connectivity index (χ4v) is 3.89. The van der Waals surface area contributed by atoms with E-state index in [0.29, 0.717) is 17.1 Å². The molecule has 3 heterocycles. The number of Topliss-reactive ketones (excluding diaryl/α,β-unsaturated/α-hetero) is 1. The van der Waals surface area contributed by atoms with Gasteiger partial charge >= 0.3 is 0 Å². The first-order valence-corrected chi connectivity index (χ1v) is 9.90. The zero-order valence-corrected chi connectivity index (χ0v) is 16.6. The third-order valence-corrected chi connectivity index (χ3v) is 5.32. The van der Waals surface area contributed by atoms with Crippen molar-refractivity contribution in [3.05, 3.63) is 77.1 Å². The number of carbonyl (C=O) groups excluding carboxylic acids is 1. The summed E-state index contributed by atoms with van der Waals surface area (Å²) in [6.45, 7) is 3.58. The molecule has 0 spiro atoms. The van der Waals surface area contributed by atoms with Crippen molar-refractivity contribution < 1.29 is 28.8 Å². The fourth-order valence-electron chi connectivity index (χ4n) is 3.89. The third-order valence-electron chi connectivity index (χ3n) is 5.32. The standard InChI is InChI=1S/C24H22O6/c1-24(2)29-22-21(26)18(28-23(22)30-24)11-9-15-8-10-17-16(12-15)20(25)19(27-17)13-14-6-4-3-5-7-14/h3-13,18,21-23,26H,1-2H3/b11-9+,19-13+/t18-,21+,22-,23-/m1/s1. The molecule has 6 nitrogen and oxygen atoms in total. The first kappa shape index (κ1) is 19.2. The van der Waals surface area contributed by atoms with E-state index in [2.05, 4.69) is 0 Å². The maximum absolute atomic E-state index is 12.7. The van der Waals surface area contributed by atoms with Crippen LogP contribution in [-0.4, -0.2) is 41.3 Å². The molecule has 0 aromatic heterocycles. The van der Waals surface area contributed by atoms with E-state index in [-0.39, 0.29) is 5.78 Å². The van der Waals surface area contributed by atoms with Crippen LogP contribution in [0.5, 0.6) is 5.75 Å². The highest BCUT2D eigenvalue weighted by Gasteiger charge is 2.53. The van der Waals surface area contributed by atoms with Gasteiger partial charge in [0, 0.05) is 0 Å². The largest absolute Gasteiger partial charge is 0.452 e. The van der Waals surface area contributed by atoms with Crippen LogP contribution in [0.3, 0.4) is 0 Å². The van der Waals surface area contributed by atoms with E-state index in [0.717, 1.165) is 11.1 Å². The van der Waals surface area contributed by atoms with Crippen LogP contribution in [0, 0.1) is 0 Å². The Balaban J connectivity index is 1.31. The third kappa shape index (κ3) is 3.48. The van der Waals surface area contributed by atoms with E-state index < -0.39 is 30.4 Å². The molecule has 0 bridgehead atoms. The number of hydrogen-bond donors (Lipinski definition) is 1. The average molecular weight is 406 g/mol. The van der Waals surface area contributed by atoms with Crippen LogP contribution in [0.4, 0.5) is 0 Å². The number of ether oxygens (including phenoxy) is 4. The van der Waals surface area contributed by atoms with Gasteiger partial charge in [0.1, 0.15) is 24.1 Å². The van der Waals surface area contributed by atoms with Crippen LogP contribution < -0.4 is 4.74 Å². The highest BCUT2D eigenvalue weighted by Crippen LogP contribution is 2.38. The summed E-state index contributed by atoms with van der Waals surface area (Å²) in [5.74, 6) is -0.0810. The molecule has 3 aliphatic rings. The van der Waals surface area contributed by atoms with Crippen molar-refractivity contribution in [3.8, 4) is 5.75 Å². The lowest BCUT2D eigenvalue weighted by Gasteiger charge is -2.21. The van der Waals surface area contributed by atoms with Gasteiger partial charge in [-0.25, -0.2) is 0 Å². The number of ketones is 1. The Kier molecular flexibility index (Phi) is 4.60. The monoisotopic (exact) mass is 406 g/mol. The number of rotatable bonds is 3. The Morgan fingerprint density at radius 3 is 2.60 bits per heavy atom. The number of aliphatic hydroxyl groups is 1. The van der Waals surface area contributed by atoms with Crippen molar-refractivity contribution in [3.63, 3.8) is 0 Å². The molecule has 0 amide bonds. The molecule has 3 aliphatic heterocycles. The van der Waals surface area contributed by atoms with Crippen LogP contribution in [0.1, 0.15) is 35.3 Å². The minimum absolute atomic E-state index is 0.153. The Hall–Kier alpha value is -2.77. The summed E-state index contributed by atoms with van der Waals surface area (Å²) >= 11 is 0. The molecular formula is C24H22O6. The number of hydrogen-bond acceptors (Lipinski definition) is 6. The van der Waals surface area contributed by atoms with Gasteiger partial charge in [-0.05, 0) is 43.2 Å². The summed E-state index contributed by atoms with van der Waals surface area (Å²) in [6, 6.07) is 15.0. The van der Waals surface area contributed by atoms with Crippen LogP contribution in [0.2, 0.25) is 0 Å². The lowest BCUT2D eigenvalue weighted by molar-refractivity contribution is -0.209. The van der Waals surface area contributed by atoms with Crippen molar-refractivity contribution in [1.29, 1.82) is 0 Å². The topological polar surface area (TPSA) is 74.2 Å². The fraction of sp³-hybridized carbons (Fsp3) is 0.292. The van der Waals surface area contributed by atoms with Crippen LogP contribution in [0.25, 0.3) is 12.2 Å². The number of fused-ring (bicyclic) bond motifs is 2. The van der Waals surface area contributed by atoms with E-state index in [1.807, 2.05) is 42.5 Å². The second-order valence-electron chi connectivity index (χ2n) is 8.03. The van der Waals surface area contributed by atoms with Crippen molar-refractivity contribution in [2.75, 3.05) is 0 Å². The number of benzene rings is 2. The smallest absolute Gasteiger partial charge is 0.231 e. The predicted molar refractivity (Wildman–Crippen MR) is 110 cm³/mol. The lowest BCUT2D eigenvalue weighted by Crippen LogP contribution is -2.33. The first-order chi connectivity index (χ1) is 14.4. The number of carbonyl (C=O) groups is 1. The molecule has 0 unspecified atom stereocenters. The van der Waals surface area contributed by atoms with Gasteiger partial charge in [0.2, 0.25) is 5.78 Å². The van der Waals surface area contributed by atoms with E-state index in [1.165, 1.54) is 0 Å². The second kappa shape index (κ2) is 7.18. The summed E-state index contributed by atoms with van der Waals surface area (Å²) < 4.78 is 22.9. The van der Waals surface area contributed by atoms with Gasteiger partial charge in [-0.3, -0.25) is 4.79 Å². The Bertz CT molecular complexity index is 1040. The molecule has 5 rings (SSSR count). The quantitative estimate of drug-likeness (QED) is 0.786. The first-order valence-electron chi connectivity index (χ1n) is 9.90. The molecule has 2 aromatic carbocycles. The minimum Gasteiger partial charge on any atom is -0.452 e.